The van der Waals surface area contributed by atoms with Crippen LogP contribution >= 0.6 is 0 Å². The molecule has 1 aromatic heterocycles. The van der Waals surface area contributed by atoms with Crippen LogP contribution in [0, 0.1) is 0 Å². The molecular weight excluding hydrogens is 236 g/mol. The van der Waals surface area contributed by atoms with Gasteiger partial charge in [-0.1, -0.05) is 20.8 Å². The molecule has 4 heteroatoms. The number of rotatable bonds is 9. The summed E-state index contributed by atoms with van der Waals surface area (Å²) in [5.41, 5.74) is 7.55. The van der Waals surface area contributed by atoms with Gasteiger partial charge in [-0.3, -0.25) is 9.58 Å². The van der Waals surface area contributed by atoms with Gasteiger partial charge in [0.1, 0.15) is 0 Å². The van der Waals surface area contributed by atoms with Crippen molar-refractivity contribution < 1.29 is 0 Å². The molecule has 19 heavy (non-hydrogen) atoms. The lowest BCUT2D eigenvalue weighted by molar-refractivity contribution is 0.0858. The fourth-order valence-electron chi connectivity index (χ4n) is 2.84. The summed E-state index contributed by atoms with van der Waals surface area (Å²) >= 11 is 0. The van der Waals surface area contributed by atoms with Crippen LogP contribution in [0.15, 0.2) is 12.4 Å². The summed E-state index contributed by atoms with van der Waals surface area (Å²) in [5.74, 6) is 0. The average molecular weight is 266 g/mol. The molecule has 0 unspecified atom stereocenters. The van der Waals surface area contributed by atoms with E-state index in [2.05, 4.69) is 37.0 Å². The molecule has 4 nitrogen and oxygen atoms in total. The van der Waals surface area contributed by atoms with E-state index in [4.69, 9.17) is 5.73 Å². The first-order chi connectivity index (χ1) is 9.11. The van der Waals surface area contributed by atoms with Gasteiger partial charge < -0.3 is 5.73 Å². The smallest absolute Gasteiger partial charge is 0.0522 e. The van der Waals surface area contributed by atoms with E-state index in [-0.39, 0.29) is 5.54 Å². The van der Waals surface area contributed by atoms with Crippen molar-refractivity contribution in [2.24, 2.45) is 12.8 Å². The van der Waals surface area contributed by atoms with Gasteiger partial charge in [-0.2, -0.15) is 5.10 Å². The minimum absolute atomic E-state index is 0.165. The molecule has 0 aliphatic rings. The zero-order valence-electron chi connectivity index (χ0n) is 13.0. The van der Waals surface area contributed by atoms with E-state index >= 15 is 0 Å². The first-order valence-electron chi connectivity index (χ1n) is 7.54. The zero-order valence-corrected chi connectivity index (χ0v) is 13.0. The van der Waals surface area contributed by atoms with Crippen molar-refractivity contribution >= 4 is 0 Å². The SMILES string of the molecule is CCCN(CCc1cnn(C)c1)C(CC)(CC)CN. The van der Waals surface area contributed by atoms with Gasteiger partial charge in [0.25, 0.3) is 0 Å². The quantitative estimate of drug-likeness (QED) is 0.745. The predicted molar refractivity (Wildman–Crippen MR) is 81.1 cm³/mol. The first kappa shape index (κ1) is 16.2. The van der Waals surface area contributed by atoms with Crippen LogP contribution in [0.3, 0.4) is 0 Å². The highest BCUT2D eigenvalue weighted by molar-refractivity contribution is 5.04. The van der Waals surface area contributed by atoms with E-state index in [0.717, 1.165) is 38.9 Å². The lowest BCUT2D eigenvalue weighted by Crippen LogP contribution is -2.54. The second-order valence-corrected chi connectivity index (χ2v) is 5.39. The molecule has 0 spiro atoms. The van der Waals surface area contributed by atoms with Crippen LogP contribution < -0.4 is 5.73 Å². The Morgan fingerprint density at radius 1 is 1.26 bits per heavy atom. The third-order valence-electron chi connectivity index (χ3n) is 4.29. The maximum Gasteiger partial charge on any atom is 0.0522 e. The maximum absolute atomic E-state index is 6.07. The Kier molecular flexibility index (Phi) is 6.52. The average Bonchev–Trinajstić information content (AvgIpc) is 2.84. The molecule has 0 saturated heterocycles. The Hall–Kier alpha value is -0.870. The van der Waals surface area contributed by atoms with Gasteiger partial charge in [-0.15, -0.1) is 0 Å². The normalized spacial score (nSPS) is 12.3. The highest BCUT2D eigenvalue weighted by Crippen LogP contribution is 2.23. The second-order valence-electron chi connectivity index (χ2n) is 5.39. The molecule has 0 amide bonds. The first-order valence-corrected chi connectivity index (χ1v) is 7.54. The van der Waals surface area contributed by atoms with Crippen molar-refractivity contribution in [3.05, 3.63) is 18.0 Å². The summed E-state index contributed by atoms with van der Waals surface area (Å²) in [6, 6.07) is 0. The fraction of sp³-hybridized carbons (Fsp3) is 0.800. The molecule has 0 aromatic carbocycles. The van der Waals surface area contributed by atoms with Crippen molar-refractivity contribution in [3.63, 3.8) is 0 Å². The Labute approximate surface area is 118 Å². The second kappa shape index (κ2) is 7.65. The summed E-state index contributed by atoms with van der Waals surface area (Å²) in [6.45, 7) is 9.68. The maximum atomic E-state index is 6.07. The Morgan fingerprint density at radius 2 is 1.95 bits per heavy atom. The highest BCUT2D eigenvalue weighted by Gasteiger charge is 2.31. The largest absolute Gasteiger partial charge is 0.329 e. The number of hydrogen-bond donors (Lipinski definition) is 1. The van der Waals surface area contributed by atoms with E-state index in [1.165, 1.54) is 12.0 Å². The van der Waals surface area contributed by atoms with Crippen molar-refractivity contribution in [3.8, 4) is 0 Å². The van der Waals surface area contributed by atoms with Crippen LogP contribution in [-0.2, 0) is 13.5 Å². The van der Waals surface area contributed by atoms with Gasteiger partial charge in [0.05, 0.1) is 6.20 Å². The van der Waals surface area contributed by atoms with Crippen LogP contribution in [0.4, 0.5) is 0 Å². The Balaban J connectivity index is 2.70. The van der Waals surface area contributed by atoms with Gasteiger partial charge in [-0.25, -0.2) is 0 Å². The van der Waals surface area contributed by atoms with Gasteiger partial charge >= 0.3 is 0 Å². The number of aromatic nitrogens is 2. The predicted octanol–water partition coefficient (Wildman–Crippen LogP) is 2.19. The van der Waals surface area contributed by atoms with Gasteiger partial charge in [0, 0.05) is 31.9 Å². The molecule has 110 valence electrons. The van der Waals surface area contributed by atoms with Crippen LogP contribution in [0.2, 0.25) is 0 Å². The van der Waals surface area contributed by atoms with E-state index in [9.17, 15) is 0 Å². The van der Waals surface area contributed by atoms with Crippen molar-refractivity contribution in [1.82, 2.24) is 14.7 Å². The van der Waals surface area contributed by atoms with Gasteiger partial charge in [0.15, 0.2) is 0 Å². The van der Waals surface area contributed by atoms with E-state index in [0.29, 0.717) is 0 Å². The zero-order chi connectivity index (χ0) is 14.3. The van der Waals surface area contributed by atoms with Crippen LogP contribution in [0.25, 0.3) is 0 Å². The minimum atomic E-state index is 0.165. The van der Waals surface area contributed by atoms with Gasteiger partial charge in [0.2, 0.25) is 0 Å². The van der Waals surface area contributed by atoms with Gasteiger partial charge in [-0.05, 0) is 37.8 Å². The Morgan fingerprint density at radius 3 is 2.37 bits per heavy atom. The fourth-order valence-corrected chi connectivity index (χ4v) is 2.84. The molecule has 0 fully saturated rings. The third-order valence-corrected chi connectivity index (χ3v) is 4.29. The van der Waals surface area contributed by atoms with Crippen LogP contribution in [0.1, 0.15) is 45.6 Å². The summed E-state index contributed by atoms with van der Waals surface area (Å²) in [4.78, 5) is 2.58. The molecule has 1 rings (SSSR count). The topological polar surface area (TPSA) is 47.1 Å². The number of aryl methyl sites for hydroxylation is 1. The lowest BCUT2D eigenvalue weighted by atomic mass is 9.90. The summed E-state index contributed by atoms with van der Waals surface area (Å²) in [6.07, 6.45) is 8.53. The minimum Gasteiger partial charge on any atom is -0.329 e. The molecule has 0 saturated carbocycles. The molecule has 1 aromatic rings. The lowest BCUT2D eigenvalue weighted by Gasteiger charge is -2.42. The molecule has 0 radical (unpaired) electrons. The monoisotopic (exact) mass is 266 g/mol. The van der Waals surface area contributed by atoms with Crippen LogP contribution in [-0.4, -0.2) is 39.9 Å². The van der Waals surface area contributed by atoms with E-state index in [1.54, 1.807) is 0 Å². The van der Waals surface area contributed by atoms with Crippen molar-refractivity contribution in [2.45, 2.75) is 52.0 Å². The summed E-state index contributed by atoms with van der Waals surface area (Å²) in [5, 5.41) is 4.24. The third kappa shape index (κ3) is 4.05. The summed E-state index contributed by atoms with van der Waals surface area (Å²) in [7, 11) is 1.97. The summed E-state index contributed by atoms with van der Waals surface area (Å²) < 4.78 is 1.87. The molecule has 0 aliphatic heterocycles. The molecule has 1 heterocycles. The van der Waals surface area contributed by atoms with Crippen molar-refractivity contribution in [2.75, 3.05) is 19.6 Å². The molecule has 0 bridgehead atoms. The standard InChI is InChI=1S/C15H30N4/c1-5-9-19(15(6-2,7-3)13-16)10-8-14-11-17-18(4)12-14/h11-12H,5-10,13,16H2,1-4H3. The van der Waals surface area contributed by atoms with E-state index in [1.807, 2.05) is 17.9 Å². The molecule has 0 atom stereocenters. The van der Waals surface area contributed by atoms with Crippen molar-refractivity contribution in [1.29, 1.82) is 0 Å². The number of nitrogens with zero attached hydrogens (tertiary/aromatic N) is 3. The molecule has 0 aliphatic carbocycles. The number of hydrogen-bond acceptors (Lipinski definition) is 3. The molecule has 2 N–H and O–H groups in total. The van der Waals surface area contributed by atoms with Crippen LogP contribution in [0.5, 0.6) is 0 Å². The highest BCUT2D eigenvalue weighted by atomic mass is 15.2. The Bertz CT molecular complexity index is 347. The number of nitrogens with two attached hydrogens (primary N) is 1. The molecular formula is C15H30N4. The van der Waals surface area contributed by atoms with E-state index < -0.39 is 0 Å².